The Labute approximate surface area is 203 Å². The van der Waals surface area contributed by atoms with Crippen LogP contribution in [0, 0.1) is 12.8 Å². The van der Waals surface area contributed by atoms with E-state index in [0.717, 1.165) is 71.0 Å². The van der Waals surface area contributed by atoms with Gasteiger partial charge in [-0.3, -0.25) is 4.98 Å². The molecule has 1 aliphatic carbocycles. The van der Waals surface area contributed by atoms with E-state index in [1.165, 1.54) is 0 Å². The summed E-state index contributed by atoms with van der Waals surface area (Å²) in [7, 11) is 0. The van der Waals surface area contributed by atoms with Crippen LogP contribution in [0.25, 0.3) is 0 Å². The van der Waals surface area contributed by atoms with Crippen LogP contribution in [0.5, 0.6) is 17.2 Å². The van der Waals surface area contributed by atoms with Gasteiger partial charge in [0, 0.05) is 30.1 Å². The monoisotopic (exact) mass is 454 g/mol. The lowest BCUT2D eigenvalue weighted by molar-refractivity contribution is 0.269. The summed E-state index contributed by atoms with van der Waals surface area (Å²) in [6.07, 6.45) is 12.2. The zero-order valence-electron chi connectivity index (χ0n) is 20.2. The van der Waals surface area contributed by atoms with Gasteiger partial charge < -0.3 is 15.2 Å². The normalized spacial score (nSPS) is 14.9. The molecule has 0 spiro atoms. The number of ether oxygens (including phenoxy) is 2. The first-order valence-electron chi connectivity index (χ1n) is 12.2. The molecule has 0 aliphatic heterocycles. The first kappa shape index (κ1) is 23.8. The van der Waals surface area contributed by atoms with Crippen LogP contribution >= 0.6 is 0 Å². The molecule has 0 fully saturated rings. The molecule has 2 N–H and O–H groups in total. The summed E-state index contributed by atoms with van der Waals surface area (Å²) in [4.78, 5) is 5.09. The Bertz CT molecular complexity index is 1150. The van der Waals surface area contributed by atoms with Crippen molar-refractivity contribution in [2.75, 3.05) is 6.61 Å². The number of pyridine rings is 1. The summed E-state index contributed by atoms with van der Waals surface area (Å²) in [5.74, 6) is 2.92. The first-order chi connectivity index (χ1) is 16.7. The maximum Gasteiger partial charge on any atom is 0.145 e. The molecule has 1 heterocycles. The van der Waals surface area contributed by atoms with Crippen LogP contribution in [0.4, 0.5) is 0 Å². The molecule has 4 heteroatoms. The molecule has 1 unspecified atom stereocenters. The molecule has 0 amide bonds. The van der Waals surface area contributed by atoms with E-state index in [0.29, 0.717) is 19.1 Å². The zero-order chi connectivity index (χ0) is 23.8. The Morgan fingerprint density at radius 3 is 2.56 bits per heavy atom. The predicted octanol–water partition coefficient (Wildman–Crippen LogP) is 6.70. The standard InChI is InChI=1S/C30H34N2O2/c1-3-11-28-30(33-21-23-12-6-4-7-13-23)27(20-31)22(2)29(32-28)19-24-14-10-17-26(18-24)34-25-15-8-5-9-16-25/h4-10,12,14-18,23H,3,11,13,19-21,31H2,1-2H3. The smallest absolute Gasteiger partial charge is 0.145 e. The summed E-state index contributed by atoms with van der Waals surface area (Å²) in [5, 5.41) is 0. The highest BCUT2D eigenvalue weighted by molar-refractivity contribution is 5.47. The minimum Gasteiger partial charge on any atom is -0.491 e. The number of nitrogens with two attached hydrogens (primary N) is 1. The van der Waals surface area contributed by atoms with Crippen molar-refractivity contribution in [1.29, 1.82) is 0 Å². The van der Waals surface area contributed by atoms with E-state index in [-0.39, 0.29) is 0 Å². The molecular formula is C30H34N2O2. The molecule has 0 radical (unpaired) electrons. The highest BCUT2D eigenvalue weighted by Crippen LogP contribution is 2.31. The Morgan fingerprint density at radius 2 is 1.82 bits per heavy atom. The van der Waals surface area contributed by atoms with Gasteiger partial charge in [0.2, 0.25) is 0 Å². The van der Waals surface area contributed by atoms with Gasteiger partial charge in [-0.2, -0.15) is 0 Å². The van der Waals surface area contributed by atoms with Gasteiger partial charge in [-0.1, -0.05) is 68.0 Å². The number of hydrogen-bond acceptors (Lipinski definition) is 4. The van der Waals surface area contributed by atoms with Gasteiger partial charge in [0.25, 0.3) is 0 Å². The largest absolute Gasteiger partial charge is 0.491 e. The Morgan fingerprint density at radius 1 is 1.00 bits per heavy atom. The van der Waals surface area contributed by atoms with Gasteiger partial charge in [0.15, 0.2) is 0 Å². The number of nitrogens with zero attached hydrogens (tertiary/aromatic N) is 1. The molecule has 0 saturated carbocycles. The van der Waals surface area contributed by atoms with E-state index in [4.69, 9.17) is 20.2 Å². The fourth-order valence-electron chi connectivity index (χ4n) is 4.29. The predicted molar refractivity (Wildman–Crippen MR) is 139 cm³/mol. The lowest BCUT2D eigenvalue weighted by Crippen LogP contribution is -2.16. The number of allylic oxidation sites excluding steroid dienone is 3. The van der Waals surface area contributed by atoms with E-state index in [1.807, 2.05) is 42.5 Å². The molecule has 1 atom stereocenters. The molecule has 4 rings (SSSR count). The fourth-order valence-corrected chi connectivity index (χ4v) is 4.29. The molecule has 1 aromatic heterocycles. The summed E-state index contributed by atoms with van der Waals surface area (Å²) in [5.41, 5.74) is 11.6. The van der Waals surface area contributed by atoms with Crippen LogP contribution in [0.2, 0.25) is 0 Å². The van der Waals surface area contributed by atoms with Gasteiger partial charge in [-0.05, 0) is 55.2 Å². The number of benzene rings is 2. The van der Waals surface area contributed by atoms with E-state index < -0.39 is 0 Å². The van der Waals surface area contributed by atoms with Crippen molar-refractivity contribution >= 4 is 0 Å². The van der Waals surface area contributed by atoms with Crippen LogP contribution in [-0.2, 0) is 19.4 Å². The quantitative estimate of drug-likeness (QED) is 0.370. The van der Waals surface area contributed by atoms with E-state index in [1.54, 1.807) is 0 Å². The average molecular weight is 455 g/mol. The number of rotatable bonds is 10. The number of hydrogen-bond donors (Lipinski definition) is 1. The second-order valence-corrected chi connectivity index (χ2v) is 8.75. The summed E-state index contributed by atoms with van der Waals surface area (Å²) in [6, 6.07) is 18.1. The molecule has 0 bridgehead atoms. The maximum atomic E-state index is 6.38. The minimum absolute atomic E-state index is 0.387. The molecular weight excluding hydrogens is 420 g/mol. The van der Waals surface area contributed by atoms with Crippen molar-refractivity contribution in [2.24, 2.45) is 11.7 Å². The molecule has 3 aromatic rings. The molecule has 2 aromatic carbocycles. The Balaban J connectivity index is 1.58. The highest BCUT2D eigenvalue weighted by Gasteiger charge is 2.19. The summed E-state index contributed by atoms with van der Waals surface area (Å²) < 4.78 is 12.4. The third kappa shape index (κ3) is 5.95. The molecule has 176 valence electrons. The first-order valence-corrected chi connectivity index (χ1v) is 12.2. The second-order valence-electron chi connectivity index (χ2n) is 8.75. The Hall–Kier alpha value is -3.37. The van der Waals surface area contributed by atoms with Gasteiger partial charge >= 0.3 is 0 Å². The second kappa shape index (κ2) is 11.7. The van der Waals surface area contributed by atoms with Gasteiger partial charge in [-0.25, -0.2) is 0 Å². The van der Waals surface area contributed by atoms with Crippen LogP contribution in [-0.4, -0.2) is 11.6 Å². The third-order valence-corrected chi connectivity index (χ3v) is 6.14. The SMILES string of the molecule is CCCc1nc(Cc2cccc(Oc3ccccc3)c2)c(C)c(CN)c1OCC1C=CC=CC1. The van der Waals surface area contributed by atoms with Crippen molar-refractivity contribution in [3.05, 3.63) is 107 Å². The van der Waals surface area contributed by atoms with Crippen LogP contribution < -0.4 is 15.2 Å². The molecule has 34 heavy (non-hydrogen) atoms. The van der Waals surface area contributed by atoms with Crippen molar-refractivity contribution < 1.29 is 9.47 Å². The molecule has 1 aliphatic rings. The van der Waals surface area contributed by atoms with E-state index in [9.17, 15) is 0 Å². The van der Waals surface area contributed by atoms with Gasteiger partial charge in [-0.15, -0.1) is 0 Å². The number of para-hydroxylation sites is 1. The summed E-state index contributed by atoms with van der Waals surface area (Å²) >= 11 is 0. The fraction of sp³-hybridized carbons (Fsp3) is 0.300. The van der Waals surface area contributed by atoms with Gasteiger partial charge in [0.05, 0.1) is 12.3 Å². The number of aromatic nitrogens is 1. The average Bonchev–Trinajstić information content (AvgIpc) is 2.86. The van der Waals surface area contributed by atoms with Crippen LogP contribution in [0.1, 0.15) is 47.8 Å². The van der Waals surface area contributed by atoms with Crippen LogP contribution in [0.15, 0.2) is 78.9 Å². The van der Waals surface area contributed by atoms with Gasteiger partial charge in [0.1, 0.15) is 17.2 Å². The van der Waals surface area contributed by atoms with Crippen molar-refractivity contribution in [3.63, 3.8) is 0 Å². The third-order valence-electron chi connectivity index (χ3n) is 6.14. The van der Waals surface area contributed by atoms with Crippen LogP contribution in [0.3, 0.4) is 0 Å². The van der Waals surface area contributed by atoms with Crippen molar-refractivity contribution in [1.82, 2.24) is 4.98 Å². The molecule has 4 nitrogen and oxygen atoms in total. The van der Waals surface area contributed by atoms with E-state index >= 15 is 0 Å². The van der Waals surface area contributed by atoms with E-state index in [2.05, 4.69) is 50.3 Å². The highest BCUT2D eigenvalue weighted by atomic mass is 16.5. The Kier molecular flexibility index (Phi) is 8.16. The maximum absolute atomic E-state index is 6.38. The lowest BCUT2D eigenvalue weighted by Gasteiger charge is -2.21. The lowest BCUT2D eigenvalue weighted by atomic mass is 9.98. The minimum atomic E-state index is 0.387. The summed E-state index contributed by atoms with van der Waals surface area (Å²) in [6.45, 7) is 5.36. The van der Waals surface area contributed by atoms with Crippen molar-refractivity contribution in [3.8, 4) is 17.2 Å². The molecule has 0 saturated heterocycles. The number of aryl methyl sites for hydroxylation is 1. The zero-order valence-corrected chi connectivity index (χ0v) is 20.2. The topological polar surface area (TPSA) is 57.4 Å². The van der Waals surface area contributed by atoms with Crippen molar-refractivity contribution in [2.45, 2.75) is 46.1 Å².